The molecule has 31 heavy (non-hydrogen) atoms. The lowest BCUT2D eigenvalue weighted by molar-refractivity contribution is 0.285. The van der Waals surface area contributed by atoms with Gasteiger partial charge < -0.3 is 18.8 Å². The van der Waals surface area contributed by atoms with E-state index in [9.17, 15) is 0 Å². The van der Waals surface area contributed by atoms with Gasteiger partial charge in [0, 0.05) is 12.6 Å². The van der Waals surface area contributed by atoms with Gasteiger partial charge in [0.25, 0.3) is 0 Å². The van der Waals surface area contributed by atoms with Crippen LogP contribution in [0.3, 0.4) is 0 Å². The minimum absolute atomic E-state index is 0.360. The maximum Gasteiger partial charge on any atom is 0.147 e. The van der Waals surface area contributed by atoms with Gasteiger partial charge in [-0.2, -0.15) is 0 Å². The van der Waals surface area contributed by atoms with Crippen molar-refractivity contribution in [3.63, 3.8) is 0 Å². The lowest BCUT2D eigenvalue weighted by atomic mass is 10.3. The molecule has 0 radical (unpaired) electrons. The van der Waals surface area contributed by atoms with E-state index in [4.69, 9.17) is 30.8 Å². The lowest BCUT2D eigenvalue weighted by Gasteiger charge is -2.12. The first-order valence-electron chi connectivity index (χ1n) is 10.3. The van der Waals surface area contributed by atoms with Gasteiger partial charge >= 0.3 is 0 Å². The molecule has 5 nitrogen and oxygen atoms in total. The minimum Gasteiger partial charge on any atom is -0.497 e. The molecule has 1 heterocycles. The molecule has 0 aliphatic heterocycles. The van der Waals surface area contributed by atoms with Crippen molar-refractivity contribution in [3.8, 4) is 17.2 Å². The first kappa shape index (κ1) is 21.1. The van der Waals surface area contributed by atoms with Crippen molar-refractivity contribution < 1.29 is 14.2 Å². The Hall–Kier alpha value is -3.18. The third-order valence-corrected chi connectivity index (χ3v) is 5.33. The number of benzene rings is 3. The highest BCUT2D eigenvalue weighted by atomic mass is 35.5. The molecular formula is C25H25ClN2O3. The van der Waals surface area contributed by atoms with Crippen LogP contribution in [0.15, 0.2) is 72.8 Å². The number of rotatable bonds is 10. The number of hydrogen-bond donors (Lipinski definition) is 0. The fourth-order valence-corrected chi connectivity index (χ4v) is 3.63. The molecule has 0 aliphatic rings. The molecule has 0 bridgehead atoms. The van der Waals surface area contributed by atoms with Gasteiger partial charge in [-0.3, -0.25) is 0 Å². The Bertz CT molecular complexity index is 1140. The molecular weight excluding hydrogens is 412 g/mol. The second-order valence-corrected chi connectivity index (χ2v) is 7.53. The zero-order valence-corrected chi connectivity index (χ0v) is 18.2. The number of aryl methyl sites for hydroxylation is 1. The summed E-state index contributed by atoms with van der Waals surface area (Å²) in [5.74, 6) is 3.16. The standard InChI is InChI=1S/C25H25ClN2O3/c1-29-19-9-8-10-20(17-19)30-16-7-6-15-28-23-13-4-3-12-22(23)27-25(28)18-31-24-14-5-2-11-21(24)26/h2-5,8-14,17H,6-7,15-16,18H2,1H3. The van der Waals surface area contributed by atoms with Crippen molar-refractivity contribution in [3.05, 3.63) is 83.6 Å². The van der Waals surface area contributed by atoms with Crippen molar-refractivity contribution in [2.24, 2.45) is 0 Å². The zero-order valence-electron chi connectivity index (χ0n) is 17.5. The summed E-state index contributed by atoms with van der Waals surface area (Å²) in [7, 11) is 1.65. The molecule has 1 aromatic heterocycles. The summed E-state index contributed by atoms with van der Waals surface area (Å²) in [5, 5.41) is 0.597. The molecule has 0 amide bonds. The first-order valence-corrected chi connectivity index (χ1v) is 10.7. The summed E-state index contributed by atoms with van der Waals surface area (Å²) in [5.41, 5.74) is 2.07. The molecule has 6 heteroatoms. The van der Waals surface area contributed by atoms with E-state index in [1.54, 1.807) is 7.11 Å². The van der Waals surface area contributed by atoms with E-state index in [0.717, 1.165) is 47.7 Å². The van der Waals surface area contributed by atoms with Gasteiger partial charge in [0.15, 0.2) is 0 Å². The highest BCUT2D eigenvalue weighted by Crippen LogP contribution is 2.25. The third-order valence-electron chi connectivity index (χ3n) is 5.01. The van der Waals surface area contributed by atoms with Crippen LogP contribution in [0, 0.1) is 0 Å². The summed E-state index contributed by atoms with van der Waals surface area (Å²) in [6, 6.07) is 23.3. The van der Waals surface area contributed by atoms with E-state index in [-0.39, 0.29) is 0 Å². The van der Waals surface area contributed by atoms with Gasteiger partial charge in [-0.15, -0.1) is 0 Å². The number of halogens is 1. The van der Waals surface area contributed by atoms with E-state index in [2.05, 4.69) is 10.6 Å². The fourth-order valence-electron chi connectivity index (χ4n) is 3.44. The number of fused-ring (bicyclic) bond motifs is 1. The SMILES string of the molecule is COc1cccc(OCCCCn2c(COc3ccccc3Cl)nc3ccccc32)c1. The van der Waals surface area contributed by atoms with Gasteiger partial charge in [0.2, 0.25) is 0 Å². The monoisotopic (exact) mass is 436 g/mol. The average Bonchev–Trinajstić information content (AvgIpc) is 3.16. The van der Waals surface area contributed by atoms with E-state index in [1.807, 2.05) is 66.7 Å². The van der Waals surface area contributed by atoms with Gasteiger partial charge in [0.05, 0.1) is 29.8 Å². The van der Waals surface area contributed by atoms with E-state index < -0.39 is 0 Å². The second kappa shape index (κ2) is 10.2. The predicted molar refractivity (Wildman–Crippen MR) is 123 cm³/mol. The molecule has 0 saturated carbocycles. The maximum absolute atomic E-state index is 6.22. The van der Waals surface area contributed by atoms with Crippen molar-refractivity contribution in [1.29, 1.82) is 0 Å². The molecule has 0 aliphatic carbocycles. The van der Waals surface area contributed by atoms with Crippen LogP contribution in [0.25, 0.3) is 11.0 Å². The summed E-state index contributed by atoms with van der Waals surface area (Å²) in [4.78, 5) is 4.77. The smallest absolute Gasteiger partial charge is 0.147 e. The molecule has 0 fully saturated rings. The number of para-hydroxylation sites is 3. The Labute approximate surface area is 187 Å². The molecule has 3 aromatic carbocycles. The summed E-state index contributed by atoms with van der Waals surface area (Å²) < 4.78 is 19.3. The van der Waals surface area contributed by atoms with Crippen LogP contribution in [0.1, 0.15) is 18.7 Å². The fraction of sp³-hybridized carbons (Fsp3) is 0.240. The van der Waals surface area contributed by atoms with Crippen LogP contribution >= 0.6 is 11.6 Å². The molecule has 4 aromatic rings. The van der Waals surface area contributed by atoms with Crippen LogP contribution < -0.4 is 14.2 Å². The Morgan fingerprint density at radius 1 is 0.871 bits per heavy atom. The Kier molecular flexibility index (Phi) is 6.95. The molecule has 0 N–H and O–H groups in total. The van der Waals surface area contributed by atoms with Crippen LogP contribution in [0.2, 0.25) is 5.02 Å². The number of nitrogens with zero attached hydrogens (tertiary/aromatic N) is 2. The van der Waals surface area contributed by atoms with Crippen molar-refractivity contribution in [2.45, 2.75) is 26.0 Å². The van der Waals surface area contributed by atoms with Crippen LogP contribution in [-0.4, -0.2) is 23.3 Å². The second-order valence-electron chi connectivity index (χ2n) is 7.12. The molecule has 160 valence electrons. The predicted octanol–water partition coefficient (Wildman–Crippen LogP) is 6.14. The van der Waals surface area contributed by atoms with Crippen LogP contribution in [0.4, 0.5) is 0 Å². The number of methoxy groups -OCH3 is 1. The quantitative estimate of drug-likeness (QED) is 0.280. The Morgan fingerprint density at radius 3 is 2.55 bits per heavy atom. The topological polar surface area (TPSA) is 45.5 Å². The zero-order chi connectivity index (χ0) is 21.5. The van der Waals surface area contributed by atoms with Crippen molar-refractivity contribution in [1.82, 2.24) is 9.55 Å². The number of aromatic nitrogens is 2. The van der Waals surface area contributed by atoms with Gasteiger partial charge in [-0.1, -0.05) is 41.9 Å². The number of imidazole rings is 1. The van der Waals surface area contributed by atoms with Gasteiger partial charge in [-0.25, -0.2) is 4.98 Å². The van der Waals surface area contributed by atoms with Gasteiger partial charge in [-0.05, 0) is 49.2 Å². The lowest BCUT2D eigenvalue weighted by Crippen LogP contribution is -2.09. The van der Waals surface area contributed by atoms with E-state index in [0.29, 0.717) is 24.0 Å². The average molecular weight is 437 g/mol. The third kappa shape index (κ3) is 5.30. The summed E-state index contributed by atoms with van der Waals surface area (Å²) in [6.45, 7) is 1.84. The molecule has 0 saturated heterocycles. The first-order chi connectivity index (χ1) is 15.2. The Morgan fingerprint density at radius 2 is 1.68 bits per heavy atom. The normalized spacial score (nSPS) is 10.9. The van der Waals surface area contributed by atoms with E-state index in [1.165, 1.54) is 0 Å². The van der Waals surface area contributed by atoms with Crippen molar-refractivity contribution in [2.75, 3.05) is 13.7 Å². The molecule has 0 unspecified atom stereocenters. The van der Waals surface area contributed by atoms with Crippen LogP contribution in [-0.2, 0) is 13.2 Å². The van der Waals surface area contributed by atoms with Gasteiger partial charge in [0.1, 0.15) is 29.7 Å². The van der Waals surface area contributed by atoms with E-state index >= 15 is 0 Å². The summed E-state index contributed by atoms with van der Waals surface area (Å²) in [6.07, 6.45) is 1.89. The van der Waals surface area contributed by atoms with Crippen LogP contribution in [0.5, 0.6) is 17.2 Å². The number of hydrogen-bond acceptors (Lipinski definition) is 4. The molecule has 0 atom stereocenters. The largest absolute Gasteiger partial charge is 0.497 e. The number of ether oxygens (including phenoxy) is 3. The molecule has 0 spiro atoms. The number of unbranched alkanes of at least 4 members (excludes halogenated alkanes) is 1. The minimum atomic E-state index is 0.360. The van der Waals surface area contributed by atoms with Crippen molar-refractivity contribution >= 4 is 22.6 Å². The maximum atomic E-state index is 6.22. The highest BCUT2D eigenvalue weighted by Gasteiger charge is 2.12. The Balaban J connectivity index is 1.38. The highest BCUT2D eigenvalue weighted by molar-refractivity contribution is 6.32. The summed E-state index contributed by atoms with van der Waals surface area (Å²) >= 11 is 6.22. The molecule has 4 rings (SSSR count).